The molecule has 1 unspecified atom stereocenters. The Balaban J connectivity index is 1.83. The van der Waals surface area contributed by atoms with Crippen LogP contribution in [0.25, 0.3) is 0 Å². The number of hydroxylamine groups is 1. The van der Waals surface area contributed by atoms with Gasteiger partial charge in [-0.1, -0.05) is 0 Å². The molecule has 0 radical (unpaired) electrons. The zero-order chi connectivity index (χ0) is 21.8. The van der Waals surface area contributed by atoms with E-state index in [0.717, 1.165) is 16.6 Å². The summed E-state index contributed by atoms with van der Waals surface area (Å²) in [5.74, 6) is -0.818. The van der Waals surface area contributed by atoms with Crippen LogP contribution in [0.4, 0.5) is 4.79 Å². The molecule has 2 fully saturated rings. The third kappa shape index (κ3) is 5.16. The summed E-state index contributed by atoms with van der Waals surface area (Å²) >= 11 is 4.64. The lowest BCUT2D eigenvalue weighted by molar-refractivity contribution is -0.200. The first-order valence-corrected chi connectivity index (χ1v) is 12.9. The fourth-order valence-corrected chi connectivity index (χ4v) is 7.66. The van der Waals surface area contributed by atoms with Crippen molar-refractivity contribution in [3.05, 3.63) is 20.8 Å². The highest BCUT2D eigenvalue weighted by Gasteiger charge is 2.50. The molecule has 0 spiro atoms. The maximum Gasteiger partial charge on any atom is 0.409 e. The number of hydrogen-bond donors (Lipinski definition) is 1. The molecule has 168 valence electrons. The van der Waals surface area contributed by atoms with Crippen LogP contribution in [0.15, 0.2) is 15.9 Å². The van der Waals surface area contributed by atoms with Crippen LogP contribution >= 0.6 is 27.3 Å². The number of carbonyl (C=O) groups is 2. The highest BCUT2D eigenvalue weighted by atomic mass is 79.9. The van der Waals surface area contributed by atoms with Crippen molar-refractivity contribution in [2.24, 2.45) is 0 Å². The molecule has 2 aliphatic heterocycles. The number of nitrogens with one attached hydrogen (secondary N) is 1. The van der Waals surface area contributed by atoms with Crippen LogP contribution in [0.5, 0.6) is 0 Å². The van der Waals surface area contributed by atoms with Gasteiger partial charge in [0.2, 0.25) is 5.91 Å². The molecule has 1 aromatic heterocycles. The molecule has 2 amide bonds. The van der Waals surface area contributed by atoms with Gasteiger partial charge in [-0.3, -0.25) is 4.79 Å². The molecule has 2 atom stereocenters. The zero-order valence-corrected chi connectivity index (χ0v) is 19.8. The number of methoxy groups -OCH3 is 1. The van der Waals surface area contributed by atoms with Gasteiger partial charge in [0.15, 0.2) is 16.1 Å². The minimum atomic E-state index is -3.78. The Hall–Kier alpha value is -1.21. The molecule has 2 aliphatic rings. The third-order valence-corrected chi connectivity index (χ3v) is 9.79. The first-order chi connectivity index (χ1) is 14.3. The lowest BCUT2D eigenvalue weighted by atomic mass is 9.97. The van der Waals surface area contributed by atoms with E-state index in [2.05, 4.69) is 21.4 Å². The van der Waals surface area contributed by atoms with Crippen LogP contribution in [0, 0.1) is 0 Å². The van der Waals surface area contributed by atoms with Gasteiger partial charge in [-0.15, -0.1) is 11.3 Å². The Morgan fingerprint density at radius 2 is 2.17 bits per heavy atom. The minimum absolute atomic E-state index is 0.0112. The SMILES string of the molecule is COC(=O)N1CC[C@](CC(=O)NOC2CCCCO2)(c2ccc(Br)s2)S(=O)(=O)CC1. The van der Waals surface area contributed by atoms with Gasteiger partial charge in [-0.2, -0.15) is 0 Å². The smallest absolute Gasteiger partial charge is 0.409 e. The van der Waals surface area contributed by atoms with Gasteiger partial charge in [0.05, 0.1) is 23.1 Å². The molecule has 2 saturated heterocycles. The highest BCUT2D eigenvalue weighted by molar-refractivity contribution is 9.11. The monoisotopic (exact) mass is 524 g/mol. The van der Waals surface area contributed by atoms with E-state index < -0.39 is 32.9 Å². The quantitative estimate of drug-likeness (QED) is 0.589. The fourth-order valence-electron chi connectivity index (χ4n) is 3.67. The Morgan fingerprint density at radius 1 is 1.37 bits per heavy atom. The van der Waals surface area contributed by atoms with E-state index in [4.69, 9.17) is 14.3 Å². The summed E-state index contributed by atoms with van der Waals surface area (Å²) in [6.07, 6.45) is 1.18. The summed E-state index contributed by atoms with van der Waals surface area (Å²) < 4.78 is 36.3. The largest absolute Gasteiger partial charge is 0.453 e. The van der Waals surface area contributed by atoms with E-state index in [1.165, 1.54) is 23.3 Å². The molecule has 0 aromatic carbocycles. The van der Waals surface area contributed by atoms with E-state index in [0.29, 0.717) is 17.9 Å². The minimum Gasteiger partial charge on any atom is -0.453 e. The molecule has 0 bridgehead atoms. The Labute approximate surface area is 188 Å². The summed E-state index contributed by atoms with van der Waals surface area (Å²) in [6.45, 7) is 0.726. The van der Waals surface area contributed by atoms with Crippen molar-refractivity contribution in [1.29, 1.82) is 0 Å². The van der Waals surface area contributed by atoms with Gasteiger partial charge in [-0.25, -0.2) is 23.5 Å². The lowest BCUT2D eigenvalue weighted by Gasteiger charge is -2.31. The number of sulfone groups is 1. The number of amides is 2. The number of thiophene rings is 1. The molecular formula is C18H25BrN2O7S2. The topological polar surface area (TPSA) is 111 Å². The summed E-state index contributed by atoms with van der Waals surface area (Å²) in [6, 6.07) is 3.46. The predicted molar refractivity (Wildman–Crippen MR) is 114 cm³/mol. The number of carbonyl (C=O) groups excluding carboxylic acids is 2. The maximum absolute atomic E-state index is 13.4. The van der Waals surface area contributed by atoms with E-state index in [1.807, 2.05) is 0 Å². The molecule has 1 N–H and O–H groups in total. The second-order valence-corrected chi connectivity index (χ2v) is 12.1. The summed E-state index contributed by atoms with van der Waals surface area (Å²) in [5, 5.41) is 0. The van der Waals surface area contributed by atoms with Crippen LogP contribution in [0.1, 0.15) is 37.0 Å². The average molecular weight is 525 g/mol. The Morgan fingerprint density at radius 3 is 2.80 bits per heavy atom. The lowest BCUT2D eigenvalue weighted by Crippen LogP contribution is -2.43. The van der Waals surface area contributed by atoms with E-state index in [1.54, 1.807) is 12.1 Å². The number of hydrogen-bond acceptors (Lipinski definition) is 8. The number of ether oxygens (including phenoxy) is 2. The zero-order valence-electron chi connectivity index (χ0n) is 16.6. The third-order valence-electron chi connectivity index (χ3n) is 5.35. The second kappa shape index (κ2) is 9.94. The Bertz CT molecular complexity index is 870. The molecule has 3 rings (SSSR count). The maximum atomic E-state index is 13.4. The van der Waals surface area contributed by atoms with Crippen molar-refractivity contribution in [3.8, 4) is 0 Å². The second-order valence-electron chi connectivity index (χ2n) is 7.24. The van der Waals surface area contributed by atoms with Crippen LogP contribution in [-0.2, 0) is 33.7 Å². The van der Waals surface area contributed by atoms with Crippen LogP contribution < -0.4 is 5.48 Å². The van der Waals surface area contributed by atoms with E-state index >= 15 is 0 Å². The molecule has 0 saturated carbocycles. The highest BCUT2D eigenvalue weighted by Crippen LogP contribution is 2.44. The average Bonchev–Trinajstić information content (AvgIpc) is 3.12. The van der Waals surface area contributed by atoms with Gasteiger partial charge in [0, 0.05) is 31.0 Å². The van der Waals surface area contributed by atoms with E-state index in [9.17, 15) is 18.0 Å². The van der Waals surface area contributed by atoms with Gasteiger partial charge < -0.3 is 14.4 Å². The van der Waals surface area contributed by atoms with Crippen LogP contribution in [0.2, 0.25) is 0 Å². The van der Waals surface area contributed by atoms with Crippen molar-refractivity contribution in [1.82, 2.24) is 10.4 Å². The van der Waals surface area contributed by atoms with Crippen LogP contribution in [-0.4, -0.2) is 64.2 Å². The van der Waals surface area contributed by atoms with Crippen molar-refractivity contribution in [2.45, 2.75) is 43.1 Å². The van der Waals surface area contributed by atoms with Gasteiger partial charge in [0.1, 0.15) is 4.75 Å². The first kappa shape index (κ1) is 23.5. The summed E-state index contributed by atoms with van der Waals surface area (Å²) in [7, 11) is -2.53. The van der Waals surface area contributed by atoms with Gasteiger partial charge in [-0.05, 0) is 47.3 Å². The summed E-state index contributed by atoms with van der Waals surface area (Å²) in [5.41, 5.74) is 2.36. The van der Waals surface area contributed by atoms with E-state index in [-0.39, 0.29) is 31.7 Å². The van der Waals surface area contributed by atoms with Gasteiger partial charge >= 0.3 is 6.09 Å². The first-order valence-electron chi connectivity index (χ1n) is 9.64. The molecule has 30 heavy (non-hydrogen) atoms. The summed E-state index contributed by atoms with van der Waals surface area (Å²) in [4.78, 5) is 32.0. The normalized spacial score (nSPS) is 26.6. The van der Waals surface area contributed by atoms with Crippen molar-refractivity contribution in [3.63, 3.8) is 0 Å². The standard InChI is InChI=1S/C18H25BrN2O7S2/c1-26-17(23)21-8-7-18(30(24,25)11-9-21,13-5-6-14(19)29-13)12-15(22)20-28-16-4-2-3-10-27-16/h5-6,16H,2-4,7-12H2,1H3,(H,20,22)/t16?,18-/m0/s1. The fraction of sp³-hybridized carbons (Fsp3) is 0.667. The number of rotatable bonds is 5. The molecule has 9 nitrogen and oxygen atoms in total. The number of halogens is 1. The predicted octanol–water partition coefficient (Wildman–Crippen LogP) is 2.56. The molecule has 12 heteroatoms. The van der Waals surface area contributed by atoms with Crippen molar-refractivity contribution < 1.29 is 32.3 Å². The molecule has 0 aliphatic carbocycles. The van der Waals surface area contributed by atoms with Crippen LogP contribution in [0.3, 0.4) is 0 Å². The Kier molecular flexibility index (Phi) is 7.77. The van der Waals surface area contributed by atoms with Crippen molar-refractivity contribution in [2.75, 3.05) is 32.6 Å². The number of nitrogens with zero attached hydrogens (tertiary/aromatic N) is 1. The molecule has 1 aromatic rings. The van der Waals surface area contributed by atoms with Crippen molar-refractivity contribution >= 4 is 49.1 Å². The molecular weight excluding hydrogens is 500 g/mol. The molecule has 3 heterocycles. The van der Waals surface area contributed by atoms with Gasteiger partial charge in [0.25, 0.3) is 0 Å².